The minimum absolute atomic E-state index is 0.178. The molecule has 0 aliphatic heterocycles. The van der Waals surface area contributed by atoms with Gasteiger partial charge in [-0.1, -0.05) is 30.3 Å². The first kappa shape index (κ1) is 18.1. The molecule has 1 fully saturated rings. The molecule has 1 aliphatic carbocycles. The van der Waals surface area contributed by atoms with Crippen LogP contribution >= 0.6 is 0 Å². The van der Waals surface area contributed by atoms with Crippen LogP contribution in [0.2, 0.25) is 0 Å². The third-order valence-corrected chi connectivity index (χ3v) is 4.90. The number of methoxy groups -OCH3 is 1. The number of carbonyl (C=O) groups excluding carboxylic acids is 2. The molecule has 1 saturated carbocycles. The smallest absolute Gasteiger partial charge is 0.355 e. The maximum Gasteiger partial charge on any atom is 0.355 e. The lowest BCUT2D eigenvalue weighted by atomic mass is 10.2. The van der Waals surface area contributed by atoms with Gasteiger partial charge in [0, 0.05) is 23.5 Å². The molecule has 0 saturated heterocycles. The highest BCUT2D eigenvalue weighted by atomic mass is 16.5. The molecular formula is C22H22N2O4. The summed E-state index contributed by atoms with van der Waals surface area (Å²) >= 11 is 0. The van der Waals surface area contributed by atoms with Crippen LogP contribution in [-0.4, -0.2) is 41.5 Å². The number of esters is 1. The molecule has 2 aromatic carbocycles. The van der Waals surface area contributed by atoms with Gasteiger partial charge >= 0.3 is 5.97 Å². The van der Waals surface area contributed by atoms with E-state index in [4.69, 9.17) is 9.47 Å². The normalized spacial score (nSPS) is 13.3. The predicted octanol–water partition coefficient (Wildman–Crippen LogP) is 3.52. The zero-order valence-electron chi connectivity index (χ0n) is 15.7. The van der Waals surface area contributed by atoms with Crippen molar-refractivity contribution in [3.63, 3.8) is 0 Å². The molecule has 0 bridgehead atoms. The molecule has 6 nitrogen and oxygen atoms in total. The van der Waals surface area contributed by atoms with Crippen molar-refractivity contribution in [1.82, 2.24) is 9.88 Å². The summed E-state index contributed by atoms with van der Waals surface area (Å²) in [6.45, 7) is 0.234. The molecule has 6 heteroatoms. The molecule has 1 amide bonds. The highest BCUT2D eigenvalue weighted by Crippen LogP contribution is 2.29. The van der Waals surface area contributed by atoms with E-state index < -0.39 is 5.97 Å². The van der Waals surface area contributed by atoms with Gasteiger partial charge in [0.05, 0.1) is 7.11 Å². The second kappa shape index (κ2) is 7.76. The lowest BCUT2D eigenvalue weighted by Gasteiger charge is -2.22. The number of para-hydroxylation sites is 1. The van der Waals surface area contributed by atoms with Crippen molar-refractivity contribution >= 4 is 22.8 Å². The number of amides is 1. The number of rotatable bonds is 7. The van der Waals surface area contributed by atoms with Crippen LogP contribution in [0, 0.1) is 0 Å². The van der Waals surface area contributed by atoms with Crippen LogP contribution in [0.3, 0.4) is 0 Å². The topological polar surface area (TPSA) is 71.6 Å². The SMILES string of the molecule is COc1ccc(CN(C(=O)COC(=O)c2cc3ccccc3[nH]2)C2CC2)cc1. The van der Waals surface area contributed by atoms with Gasteiger partial charge in [0.2, 0.25) is 0 Å². The molecule has 28 heavy (non-hydrogen) atoms. The summed E-state index contributed by atoms with van der Waals surface area (Å²) in [7, 11) is 1.62. The number of H-pyrrole nitrogens is 1. The molecule has 0 atom stereocenters. The number of aromatic nitrogens is 1. The van der Waals surface area contributed by atoms with Crippen LogP contribution in [0.15, 0.2) is 54.6 Å². The highest BCUT2D eigenvalue weighted by molar-refractivity contribution is 5.95. The fourth-order valence-electron chi connectivity index (χ4n) is 3.21. The molecule has 1 heterocycles. The Balaban J connectivity index is 1.38. The van der Waals surface area contributed by atoms with Gasteiger partial charge in [0.25, 0.3) is 5.91 Å². The van der Waals surface area contributed by atoms with Crippen LogP contribution in [0.4, 0.5) is 0 Å². The van der Waals surface area contributed by atoms with Gasteiger partial charge < -0.3 is 19.4 Å². The quantitative estimate of drug-likeness (QED) is 0.639. The number of ether oxygens (including phenoxy) is 2. The summed E-state index contributed by atoms with van der Waals surface area (Å²) in [4.78, 5) is 29.8. The molecule has 0 radical (unpaired) electrons. The van der Waals surface area contributed by atoms with E-state index in [1.807, 2.05) is 48.5 Å². The van der Waals surface area contributed by atoms with E-state index in [-0.39, 0.29) is 18.6 Å². The Bertz CT molecular complexity index is 956. The zero-order valence-corrected chi connectivity index (χ0v) is 15.7. The van der Waals surface area contributed by atoms with Crippen LogP contribution < -0.4 is 4.74 Å². The van der Waals surface area contributed by atoms with E-state index in [9.17, 15) is 9.59 Å². The third-order valence-electron chi connectivity index (χ3n) is 4.90. The van der Waals surface area contributed by atoms with E-state index in [2.05, 4.69) is 4.98 Å². The monoisotopic (exact) mass is 378 g/mol. The second-order valence-corrected chi connectivity index (χ2v) is 6.95. The molecule has 0 spiro atoms. The Kier molecular flexibility index (Phi) is 5.02. The Morgan fingerprint density at radius 3 is 2.54 bits per heavy atom. The highest BCUT2D eigenvalue weighted by Gasteiger charge is 2.33. The minimum Gasteiger partial charge on any atom is -0.497 e. The van der Waals surface area contributed by atoms with Crippen molar-refractivity contribution < 1.29 is 19.1 Å². The van der Waals surface area contributed by atoms with Gasteiger partial charge in [-0.25, -0.2) is 4.79 Å². The maximum atomic E-state index is 12.7. The Morgan fingerprint density at radius 2 is 1.86 bits per heavy atom. The Labute approximate surface area is 163 Å². The van der Waals surface area contributed by atoms with Gasteiger partial charge in [0.15, 0.2) is 6.61 Å². The Hall–Kier alpha value is -3.28. The number of aromatic amines is 1. The minimum atomic E-state index is -0.523. The first-order chi connectivity index (χ1) is 13.6. The van der Waals surface area contributed by atoms with Crippen LogP contribution in [0.25, 0.3) is 10.9 Å². The first-order valence-corrected chi connectivity index (χ1v) is 9.31. The molecule has 144 valence electrons. The number of benzene rings is 2. The van der Waals surface area contributed by atoms with E-state index in [1.54, 1.807) is 18.1 Å². The predicted molar refractivity (Wildman–Crippen MR) is 105 cm³/mol. The number of hydrogen-bond donors (Lipinski definition) is 1. The number of carbonyl (C=O) groups is 2. The first-order valence-electron chi connectivity index (χ1n) is 9.31. The van der Waals surface area contributed by atoms with E-state index in [1.165, 1.54) is 0 Å². The second-order valence-electron chi connectivity index (χ2n) is 6.95. The summed E-state index contributed by atoms with van der Waals surface area (Å²) in [5, 5.41) is 0.930. The summed E-state index contributed by atoms with van der Waals surface area (Å²) in [6, 6.07) is 17.2. The average molecular weight is 378 g/mol. The van der Waals surface area contributed by atoms with E-state index >= 15 is 0 Å². The molecule has 1 N–H and O–H groups in total. The van der Waals surface area contributed by atoms with Crippen molar-refractivity contribution in [2.45, 2.75) is 25.4 Å². The maximum absolute atomic E-state index is 12.7. The number of fused-ring (bicyclic) bond motifs is 1. The zero-order chi connectivity index (χ0) is 19.5. The molecule has 4 rings (SSSR count). The lowest BCUT2D eigenvalue weighted by Crippen LogP contribution is -2.36. The van der Waals surface area contributed by atoms with Gasteiger partial charge in [-0.15, -0.1) is 0 Å². The summed E-state index contributed by atoms with van der Waals surface area (Å²) in [5.41, 5.74) is 2.23. The Morgan fingerprint density at radius 1 is 1.11 bits per heavy atom. The number of nitrogens with zero attached hydrogens (tertiary/aromatic N) is 1. The van der Waals surface area contributed by atoms with Crippen molar-refractivity contribution in [3.8, 4) is 5.75 Å². The van der Waals surface area contributed by atoms with Crippen LogP contribution in [-0.2, 0) is 16.1 Å². The summed E-state index contributed by atoms with van der Waals surface area (Å²) < 4.78 is 10.4. The summed E-state index contributed by atoms with van der Waals surface area (Å²) in [5.74, 6) is 0.0767. The fourth-order valence-corrected chi connectivity index (χ4v) is 3.21. The van der Waals surface area contributed by atoms with Crippen molar-refractivity contribution in [2.75, 3.05) is 13.7 Å². The van der Waals surface area contributed by atoms with Crippen molar-refractivity contribution in [3.05, 3.63) is 65.9 Å². The molecule has 1 aliphatic rings. The molecular weight excluding hydrogens is 356 g/mol. The average Bonchev–Trinajstić information content (AvgIpc) is 3.47. The van der Waals surface area contributed by atoms with Crippen LogP contribution in [0.1, 0.15) is 28.9 Å². The van der Waals surface area contributed by atoms with Crippen LogP contribution in [0.5, 0.6) is 5.75 Å². The van der Waals surface area contributed by atoms with Crippen molar-refractivity contribution in [2.24, 2.45) is 0 Å². The van der Waals surface area contributed by atoms with E-state index in [0.29, 0.717) is 12.2 Å². The molecule has 1 aromatic heterocycles. The summed E-state index contributed by atoms with van der Waals surface area (Å²) in [6.07, 6.45) is 1.97. The van der Waals surface area contributed by atoms with Gasteiger partial charge in [-0.2, -0.15) is 0 Å². The standard InChI is InChI=1S/C22H22N2O4/c1-27-18-10-6-15(7-11-18)13-24(17-8-9-17)21(25)14-28-22(26)20-12-16-4-2-3-5-19(16)23-20/h2-7,10-12,17,23H,8-9,13-14H2,1H3. The molecule has 0 unspecified atom stereocenters. The van der Waals surface area contributed by atoms with Crippen molar-refractivity contribution in [1.29, 1.82) is 0 Å². The fraction of sp³-hybridized carbons (Fsp3) is 0.273. The van der Waals surface area contributed by atoms with Gasteiger partial charge in [-0.05, 0) is 42.7 Å². The largest absolute Gasteiger partial charge is 0.497 e. The molecule has 3 aromatic rings. The third kappa shape index (κ3) is 4.01. The number of hydrogen-bond acceptors (Lipinski definition) is 4. The van der Waals surface area contributed by atoms with Gasteiger partial charge in [0.1, 0.15) is 11.4 Å². The van der Waals surface area contributed by atoms with E-state index in [0.717, 1.165) is 35.1 Å². The van der Waals surface area contributed by atoms with Gasteiger partial charge in [-0.3, -0.25) is 4.79 Å². The number of nitrogens with one attached hydrogen (secondary N) is 1. The lowest BCUT2D eigenvalue weighted by molar-refractivity contribution is -0.135.